The van der Waals surface area contributed by atoms with Gasteiger partial charge in [-0.15, -0.1) is 13.2 Å². The lowest BCUT2D eigenvalue weighted by atomic mass is 9.77. The average molecular weight is 321 g/mol. The van der Waals surface area contributed by atoms with Gasteiger partial charge in [0.15, 0.2) is 0 Å². The first-order valence-corrected chi connectivity index (χ1v) is 8.78. The molecule has 0 fully saturated rings. The van der Waals surface area contributed by atoms with E-state index in [1.54, 1.807) is 0 Å². The predicted octanol–water partition coefficient (Wildman–Crippen LogP) is 8.71. The molecule has 0 atom stereocenters. The Morgan fingerprint density at radius 2 is 1.13 bits per heavy atom. The van der Waals surface area contributed by atoms with Crippen molar-refractivity contribution in [3.63, 3.8) is 0 Å². The molecule has 23 heavy (non-hydrogen) atoms. The van der Waals surface area contributed by atoms with E-state index in [0.29, 0.717) is 0 Å². The van der Waals surface area contributed by atoms with Gasteiger partial charge < -0.3 is 0 Å². The largest absolute Gasteiger partial charge is 0.106 e. The Hall–Kier alpha value is -1.56. The molecular weight excluding hydrogens is 276 g/mol. The Kier molecular flexibility index (Phi) is 41.2. The summed E-state index contributed by atoms with van der Waals surface area (Å²) in [6.45, 7) is 34.2. The van der Waals surface area contributed by atoms with Crippen LogP contribution in [0.25, 0.3) is 0 Å². The zero-order valence-electron chi connectivity index (χ0n) is 17.8. The molecule has 0 aliphatic rings. The molecule has 0 heterocycles. The Bertz CT molecular complexity index is 322. The SMILES string of the molecule is C=C.C=C/C=C(\C=C/C)C(C)(C)C(=C)/C=C\C.CC.CC.CC. The van der Waals surface area contributed by atoms with Gasteiger partial charge in [0.1, 0.15) is 0 Å². The maximum absolute atomic E-state index is 4.11. The van der Waals surface area contributed by atoms with Crippen LogP contribution in [0.1, 0.15) is 69.2 Å². The van der Waals surface area contributed by atoms with E-state index in [1.165, 1.54) is 5.57 Å². The molecule has 136 valence electrons. The van der Waals surface area contributed by atoms with E-state index in [-0.39, 0.29) is 5.41 Å². The van der Waals surface area contributed by atoms with E-state index in [0.717, 1.165) is 5.57 Å². The van der Waals surface area contributed by atoms with Crippen molar-refractivity contribution in [2.24, 2.45) is 5.41 Å². The number of rotatable bonds is 5. The molecule has 0 aliphatic carbocycles. The maximum atomic E-state index is 4.11. The molecule has 0 nitrogen and oxygen atoms in total. The third-order valence-electron chi connectivity index (χ3n) is 2.54. The molecule has 0 radical (unpaired) electrons. The minimum Gasteiger partial charge on any atom is -0.106 e. The third-order valence-corrected chi connectivity index (χ3v) is 2.54. The van der Waals surface area contributed by atoms with Crippen LogP contribution in [0, 0.1) is 5.41 Å². The molecular formula is C23H44. The minimum absolute atomic E-state index is 0.0484. The molecule has 0 heteroatoms. The Morgan fingerprint density at radius 1 is 0.783 bits per heavy atom. The van der Waals surface area contributed by atoms with Crippen molar-refractivity contribution < 1.29 is 0 Å². The minimum atomic E-state index is -0.0484. The Morgan fingerprint density at radius 3 is 1.39 bits per heavy atom. The van der Waals surface area contributed by atoms with Crippen molar-refractivity contribution in [3.8, 4) is 0 Å². The van der Waals surface area contributed by atoms with Gasteiger partial charge in [0.05, 0.1) is 0 Å². The monoisotopic (exact) mass is 320 g/mol. The van der Waals surface area contributed by atoms with E-state index in [1.807, 2.05) is 79.7 Å². The first kappa shape index (κ1) is 33.1. The molecule has 0 rings (SSSR count). The van der Waals surface area contributed by atoms with E-state index >= 15 is 0 Å². The highest BCUT2D eigenvalue weighted by Gasteiger charge is 2.22. The molecule has 0 spiro atoms. The Labute approximate surface area is 149 Å². The fourth-order valence-electron chi connectivity index (χ4n) is 1.37. The van der Waals surface area contributed by atoms with Crippen LogP contribution < -0.4 is 0 Å². The number of allylic oxidation sites excluding steroid dienone is 8. The molecule has 0 saturated carbocycles. The lowest BCUT2D eigenvalue weighted by Crippen LogP contribution is -2.15. The summed E-state index contributed by atoms with van der Waals surface area (Å²) in [5.41, 5.74) is 2.28. The second-order valence-electron chi connectivity index (χ2n) is 4.01. The molecule has 0 saturated heterocycles. The van der Waals surface area contributed by atoms with Crippen LogP contribution in [0.2, 0.25) is 0 Å². The van der Waals surface area contributed by atoms with E-state index in [9.17, 15) is 0 Å². The van der Waals surface area contributed by atoms with Crippen molar-refractivity contribution >= 4 is 0 Å². The average Bonchev–Trinajstić information content (AvgIpc) is 2.62. The summed E-state index contributed by atoms with van der Waals surface area (Å²) >= 11 is 0. The summed E-state index contributed by atoms with van der Waals surface area (Å²) < 4.78 is 0. The first-order valence-electron chi connectivity index (χ1n) is 8.78. The molecule has 0 aromatic heterocycles. The van der Waals surface area contributed by atoms with Crippen molar-refractivity contribution in [1.82, 2.24) is 0 Å². The molecule has 0 aliphatic heterocycles. The second kappa shape index (κ2) is 28.6. The zero-order chi connectivity index (χ0) is 19.9. The zero-order valence-corrected chi connectivity index (χ0v) is 17.8. The second-order valence-corrected chi connectivity index (χ2v) is 4.01. The highest BCUT2D eigenvalue weighted by atomic mass is 14.3. The van der Waals surface area contributed by atoms with Gasteiger partial charge in [0.2, 0.25) is 0 Å². The van der Waals surface area contributed by atoms with Crippen molar-refractivity contribution in [1.29, 1.82) is 0 Å². The van der Waals surface area contributed by atoms with Crippen LogP contribution in [-0.4, -0.2) is 0 Å². The third kappa shape index (κ3) is 18.4. The van der Waals surface area contributed by atoms with Gasteiger partial charge in [0, 0.05) is 5.41 Å². The molecule has 0 unspecified atom stereocenters. The van der Waals surface area contributed by atoms with Gasteiger partial charge in [-0.1, -0.05) is 105 Å². The molecule has 0 bridgehead atoms. The number of hydrogen-bond donors (Lipinski definition) is 0. The van der Waals surface area contributed by atoms with E-state index < -0.39 is 0 Å². The lowest BCUT2D eigenvalue weighted by molar-refractivity contribution is 0.568. The molecule has 0 aromatic rings. The van der Waals surface area contributed by atoms with Crippen molar-refractivity contribution in [2.45, 2.75) is 69.2 Å². The molecule has 0 amide bonds. The van der Waals surface area contributed by atoms with Crippen molar-refractivity contribution in [3.05, 3.63) is 73.9 Å². The first-order chi connectivity index (χ1) is 11.0. The van der Waals surface area contributed by atoms with Crippen LogP contribution in [-0.2, 0) is 0 Å². The Balaban J connectivity index is -0.000000116. The van der Waals surface area contributed by atoms with Gasteiger partial charge in [-0.2, -0.15) is 0 Å². The van der Waals surface area contributed by atoms with Crippen LogP contribution in [0.4, 0.5) is 0 Å². The van der Waals surface area contributed by atoms with Gasteiger partial charge >= 0.3 is 0 Å². The smallest absolute Gasteiger partial charge is 0.0140 e. The van der Waals surface area contributed by atoms with Crippen LogP contribution in [0.5, 0.6) is 0 Å². The number of hydrogen-bond acceptors (Lipinski definition) is 0. The van der Waals surface area contributed by atoms with E-state index in [2.05, 4.69) is 52.3 Å². The summed E-state index contributed by atoms with van der Waals surface area (Å²) in [5.74, 6) is 0. The van der Waals surface area contributed by atoms with Crippen LogP contribution >= 0.6 is 0 Å². The van der Waals surface area contributed by atoms with Crippen LogP contribution in [0.15, 0.2) is 73.9 Å². The maximum Gasteiger partial charge on any atom is 0.0140 e. The van der Waals surface area contributed by atoms with Gasteiger partial charge in [-0.25, -0.2) is 0 Å². The summed E-state index contributed by atoms with van der Waals surface area (Å²) in [7, 11) is 0. The summed E-state index contributed by atoms with van der Waals surface area (Å²) in [4.78, 5) is 0. The molecule has 0 N–H and O–H groups in total. The fourth-order valence-corrected chi connectivity index (χ4v) is 1.37. The molecule has 0 aromatic carbocycles. The van der Waals surface area contributed by atoms with Crippen molar-refractivity contribution in [2.75, 3.05) is 0 Å². The van der Waals surface area contributed by atoms with Gasteiger partial charge in [-0.05, 0) is 25.0 Å². The lowest BCUT2D eigenvalue weighted by Gasteiger charge is -2.27. The quantitative estimate of drug-likeness (QED) is 0.351. The fraction of sp³-hybridized carbons (Fsp3) is 0.478. The highest BCUT2D eigenvalue weighted by molar-refractivity contribution is 5.39. The van der Waals surface area contributed by atoms with Crippen LogP contribution in [0.3, 0.4) is 0 Å². The topological polar surface area (TPSA) is 0 Å². The summed E-state index contributed by atoms with van der Waals surface area (Å²) in [5, 5.41) is 0. The van der Waals surface area contributed by atoms with Gasteiger partial charge in [0.25, 0.3) is 0 Å². The standard InChI is InChI=1S/C15H22.3C2H6.C2H4/c1-7-10-13(4)15(5,6)14(11-8-2)12-9-3;4*1-2/h7-12H,2,4H2,1,3,5-6H3;3*1-2H3;1-2H2/b10-7-,12-9-,14-11+;;;;. The highest BCUT2D eigenvalue weighted by Crippen LogP contribution is 2.35. The summed E-state index contributed by atoms with van der Waals surface area (Å²) in [6.07, 6.45) is 12.1. The normalized spacial score (nSPS) is 9.91. The predicted molar refractivity (Wildman–Crippen MR) is 116 cm³/mol. The summed E-state index contributed by atoms with van der Waals surface area (Å²) in [6, 6.07) is 0. The van der Waals surface area contributed by atoms with E-state index in [4.69, 9.17) is 0 Å². The van der Waals surface area contributed by atoms with Gasteiger partial charge in [-0.3, -0.25) is 0 Å².